The van der Waals surface area contributed by atoms with Crippen molar-refractivity contribution in [2.45, 2.75) is 6.92 Å². The highest BCUT2D eigenvalue weighted by Gasteiger charge is 2.24. The van der Waals surface area contributed by atoms with Crippen LogP contribution >= 0.6 is 0 Å². The highest BCUT2D eigenvalue weighted by molar-refractivity contribution is 6.12. The molecule has 34 heavy (non-hydrogen) atoms. The molecule has 0 saturated heterocycles. The first-order valence-electron chi connectivity index (χ1n) is 10.3. The first-order valence-corrected chi connectivity index (χ1v) is 10.3. The number of carbonyl (C=O) groups excluding carboxylic acids is 2. The third-order valence-corrected chi connectivity index (χ3v) is 4.71. The molecule has 0 unspecified atom stereocenters. The summed E-state index contributed by atoms with van der Waals surface area (Å²) in [5.41, 5.74) is 1.17. The predicted molar refractivity (Wildman–Crippen MR) is 123 cm³/mol. The predicted octanol–water partition coefficient (Wildman–Crippen LogP) is 4.56. The zero-order valence-corrected chi connectivity index (χ0v) is 18.0. The van der Waals surface area contributed by atoms with Gasteiger partial charge in [-0.3, -0.25) is 10.1 Å². The van der Waals surface area contributed by atoms with E-state index < -0.39 is 16.9 Å². The number of cyclic esters (lactones) is 1. The minimum Gasteiger partial charge on any atom is -0.490 e. The number of aliphatic imine (C=N–C) groups is 1. The molecule has 9 nitrogen and oxygen atoms in total. The standard InChI is InChI=1S/C25H18N2O7/c1-2-32-22-14-16(13-20-25(29)34-23(26-20)17-7-4-3-5-8-17)11-12-21(22)33-24(28)18-9-6-10-19(15-18)27(30)31/h3-15H,2H2,1H3. The molecule has 1 aliphatic heterocycles. The number of benzene rings is 3. The van der Waals surface area contributed by atoms with Crippen LogP contribution in [0.5, 0.6) is 11.5 Å². The summed E-state index contributed by atoms with van der Waals surface area (Å²) in [4.78, 5) is 39.4. The molecule has 0 fully saturated rings. The highest BCUT2D eigenvalue weighted by Crippen LogP contribution is 2.31. The lowest BCUT2D eigenvalue weighted by molar-refractivity contribution is -0.384. The molecule has 4 rings (SSSR count). The summed E-state index contributed by atoms with van der Waals surface area (Å²) in [5.74, 6) is -0.758. The summed E-state index contributed by atoms with van der Waals surface area (Å²) in [6.45, 7) is 2.06. The summed E-state index contributed by atoms with van der Waals surface area (Å²) in [5, 5.41) is 11.0. The third kappa shape index (κ3) is 4.99. The zero-order valence-electron chi connectivity index (χ0n) is 18.0. The smallest absolute Gasteiger partial charge is 0.363 e. The van der Waals surface area contributed by atoms with Crippen molar-refractivity contribution in [3.05, 3.63) is 105 Å². The lowest BCUT2D eigenvalue weighted by atomic mass is 10.1. The van der Waals surface area contributed by atoms with Gasteiger partial charge >= 0.3 is 11.9 Å². The van der Waals surface area contributed by atoms with Gasteiger partial charge in [-0.2, -0.15) is 0 Å². The number of carbonyl (C=O) groups is 2. The fourth-order valence-electron chi connectivity index (χ4n) is 3.14. The van der Waals surface area contributed by atoms with Gasteiger partial charge in [-0.1, -0.05) is 30.3 Å². The molecule has 9 heteroatoms. The Bertz CT molecular complexity index is 1330. The van der Waals surface area contributed by atoms with Gasteiger partial charge in [0.2, 0.25) is 5.90 Å². The summed E-state index contributed by atoms with van der Waals surface area (Å²) >= 11 is 0. The zero-order chi connectivity index (χ0) is 24.1. The van der Waals surface area contributed by atoms with Crippen molar-refractivity contribution in [3.63, 3.8) is 0 Å². The molecule has 3 aromatic carbocycles. The number of ether oxygens (including phenoxy) is 3. The van der Waals surface area contributed by atoms with Crippen LogP contribution in [0.1, 0.15) is 28.4 Å². The molecule has 170 valence electrons. The van der Waals surface area contributed by atoms with Crippen LogP contribution in [-0.2, 0) is 9.53 Å². The summed E-state index contributed by atoms with van der Waals surface area (Å²) in [7, 11) is 0. The highest BCUT2D eigenvalue weighted by atomic mass is 16.6. The van der Waals surface area contributed by atoms with E-state index in [2.05, 4.69) is 4.99 Å². The average Bonchev–Trinajstić information content (AvgIpc) is 3.21. The lowest BCUT2D eigenvalue weighted by Crippen LogP contribution is -2.10. The first kappa shape index (κ1) is 22.4. The van der Waals surface area contributed by atoms with Crippen LogP contribution in [-0.4, -0.2) is 29.4 Å². The van der Waals surface area contributed by atoms with Crippen LogP contribution in [0.4, 0.5) is 5.69 Å². The molecule has 1 aliphatic rings. The summed E-state index contributed by atoms with van der Waals surface area (Å²) < 4.78 is 16.3. The van der Waals surface area contributed by atoms with Crippen LogP contribution in [0, 0.1) is 10.1 Å². The number of nitro benzene ring substituents is 1. The van der Waals surface area contributed by atoms with E-state index in [-0.39, 0.29) is 34.3 Å². The molecular formula is C25H18N2O7. The maximum absolute atomic E-state index is 12.5. The van der Waals surface area contributed by atoms with Crippen LogP contribution in [0.15, 0.2) is 83.5 Å². The number of non-ortho nitro benzene ring substituents is 1. The Morgan fingerprint density at radius 1 is 1.06 bits per heavy atom. The van der Waals surface area contributed by atoms with Crippen molar-refractivity contribution in [1.82, 2.24) is 0 Å². The molecule has 1 heterocycles. The maximum atomic E-state index is 12.5. The van der Waals surface area contributed by atoms with E-state index in [1.807, 2.05) is 18.2 Å². The van der Waals surface area contributed by atoms with Crippen molar-refractivity contribution in [2.75, 3.05) is 6.61 Å². The van der Waals surface area contributed by atoms with Gasteiger partial charge in [-0.15, -0.1) is 0 Å². The molecule has 0 aromatic heterocycles. The number of rotatable bonds is 7. The Kier molecular flexibility index (Phi) is 6.45. The van der Waals surface area contributed by atoms with E-state index in [1.165, 1.54) is 30.3 Å². The van der Waals surface area contributed by atoms with E-state index in [0.717, 1.165) is 6.07 Å². The van der Waals surface area contributed by atoms with Crippen molar-refractivity contribution in [2.24, 2.45) is 4.99 Å². The molecule has 0 spiro atoms. The minimum atomic E-state index is -0.771. The van der Waals surface area contributed by atoms with Gasteiger partial charge in [0.25, 0.3) is 5.69 Å². The quantitative estimate of drug-likeness (QED) is 0.167. The summed E-state index contributed by atoms with van der Waals surface area (Å²) in [6.07, 6.45) is 1.53. The largest absolute Gasteiger partial charge is 0.490 e. The molecule has 0 saturated carbocycles. The third-order valence-electron chi connectivity index (χ3n) is 4.71. The van der Waals surface area contributed by atoms with Crippen molar-refractivity contribution in [3.8, 4) is 11.5 Å². The van der Waals surface area contributed by atoms with Crippen LogP contribution in [0.25, 0.3) is 6.08 Å². The number of nitrogens with zero attached hydrogens (tertiary/aromatic N) is 2. The molecular weight excluding hydrogens is 440 g/mol. The molecule has 0 N–H and O–H groups in total. The van der Waals surface area contributed by atoms with Gasteiger partial charge in [-0.25, -0.2) is 14.6 Å². The molecule has 0 radical (unpaired) electrons. The van der Waals surface area contributed by atoms with Gasteiger partial charge < -0.3 is 14.2 Å². The van der Waals surface area contributed by atoms with Gasteiger partial charge in [0.1, 0.15) is 0 Å². The van der Waals surface area contributed by atoms with E-state index in [9.17, 15) is 19.7 Å². The second-order valence-electron chi connectivity index (χ2n) is 7.04. The fraction of sp³-hybridized carbons (Fsp3) is 0.0800. The van der Waals surface area contributed by atoms with E-state index in [1.54, 1.807) is 31.2 Å². The van der Waals surface area contributed by atoms with Crippen LogP contribution in [0.2, 0.25) is 0 Å². The Hall–Kier alpha value is -4.79. The fourth-order valence-corrected chi connectivity index (χ4v) is 3.14. The van der Waals surface area contributed by atoms with Crippen LogP contribution in [0.3, 0.4) is 0 Å². The summed E-state index contributed by atoms with van der Waals surface area (Å²) in [6, 6.07) is 19.0. The van der Waals surface area contributed by atoms with Gasteiger partial charge in [0.15, 0.2) is 17.2 Å². The van der Waals surface area contributed by atoms with Crippen LogP contribution < -0.4 is 9.47 Å². The Labute approximate surface area is 194 Å². The second-order valence-corrected chi connectivity index (χ2v) is 7.04. The molecule has 0 bridgehead atoms. The van der Waals surface area contributed by atoms with Crippen molar-refractivity contribution in [1.29, 1.82) is 0 Å². The Morgan fingerprint density at radius 3 is 2.59 bits per heavy atom. The lowest BCUT2D eigenvalue weighted by Gasteiger charge is -2.11. The second kappa shape index (κ2) is 9.78. The monoisotopic (exact) mass is 458 g/mol. The molecule has 0 amide bonds. The van der Waals surface area contributed by atoms with E-state index in [4.69, 9.17) is 14.2 Å². The maximum Gasteiger partial charge on any atom is 0.363 e. The van der Waals surface area contributed by atoms with E-state index in [0.29, 0.717) is 17.7 Å². The molecule has 0 aliphatic carbocycles. The topological polar surface area (TPSA) is 117 Å². The molecule has 0 atom stereocenters. The van der Waals surface area contributed by atoms with Gasteiger partial charge in [-0.05, 0) is 48.9 Å². The van der Waals surface area contributed by atoms with E-state index >= 15 is 0 Å². The SMILES string of the molecule is CCOc1cc(C=C2N=C(c3ccccc3)OC2=O)ccc1OC(=O)c1cccc([N+](=O)[O-])c1. The number of hydrogen-bond acceptors (Lipinski definition) is 8. The van der Waals surface area contributed by atoms with Crippen molar-refractivity contribution >= 4 is 29.6 Å². The van der Waals surface area contributed by atoms with Gasteiger partial charge in [0.05, 0.1) is 17.1 Å². The van der Waals surface area contributed by atoms with Crippen molar-refractivity contribution < 1.29 is 28.7 Å². The number of nitro groups is 1. The Morgan fingerprint density at radius 2 is 1.85 bits per heavy atom. The number of esters is 2. The first-order chi connectivity index (χ1) is 16.4. The number of hydrogen-bond donors (Lipinski definition) is 0. The Balaban J connectivity index is 1.59. The van der Waals surface area contributed by atoms with Gasteiger partial charge in [0, 0.05) is 17.7 Å². The average molecular weight is 458 g/mol. The molecule has 3 aromatic rings. The normalized spacial score (nSPS) is 13.9. The minimum absolute atomic E-state index is 0.0272.